The molecule has 2 amide bonds. The number of benzene rings is 1. The Bertz CT molecular complexity index is 1400. The number of esters is 1. The smallest absolute Gasteiger partial charge is 0.329 e. The molecule has 36 heavy (non-hydrogen) atoms. The molecule has 1 saturated heterocycles. The molecular weight excluding hydrogens is 532 g/mol. The number of non-ortho nitro benzene ring substituents is 1. The van der Waals surface area contributed by atoms with Crippen molar-refractivity contribution in [3.05, 3.63) is 63.0 Å². The number of thiazole rings is 1. The minimum absolute atomic E-state index is 0.0353. The van der Waals surface area contributed by atoms with E-state index in [0.29, 0.717) is 35.6 Å². The van der Waals surface area contributed by atoms with Gasteiger partial charge in [-0.2, -0.15) is 0 Å². The highest BCUT2D eigenvalue weighted by molar-refractivity contribution is 7.93. The van der Waals surface area contributed by atoms with E-state index in [9.17, 15) is 32.9 Å². The van der Waals surface area contributed by atoms with Crippen LogP contribution in [-0.4, -0.2) is 60.2 Å². The highest BCUT2D eigenvalue weighted by atomic mass is 32.2. The van der Waals surface area contributed by atoms with Gasteiger partial charge in [-0.25, -0.2) is 18.2 Å². The number of likely N-dealkylation sites (tertiary alicyclic amines) is 1. The van der Waals surface area contributed by atoms with Crippen LogP contribution in [0.1, 0.15) is 22.5 Å². The molecule has 0 aliphatic carbocycles. The second-order valence-electron chi connectivity index (χ2n) is 7.53. The average molecular weight is 551 g/mol. The van der Waals surface area contributed by atoms with E-state index in [-0.39, 0.29) is 25.8 Å². The summed E-state index contributed by atoms with van der Waals surface area (Å²) in [7, 11) is -4.01. The van der Waals surface area contributed by atoms with Crippen molar-refractivity contribution in [1.29, 1.82) is 0 Å². The molecule has 188 valence electrons. The molecule has 1 aromatic carbocycles. The molecule has 0 bridgehead atoms. The monoisotopic (exact) mass is 550 g/mol. The number of hydrogen-bond donors (Lipinski definition) is 1. The first-order valence-electron chi connectivity index (χ1n) is 10.4. The van der Waals surface area contributed by atoms with Crippen LogP contribution >= 0.6 is 22.7 Å². The largest absolute Gasteiger partial charge is 0.454 e. The fraction of sp³-hybridized carbons (Fsp3) is 0.238. The van der Waals surface area contributed by atoms with Gasteiger partial charge in [0.05, 0.1) is 20.9 Å². The van der Waals surface area contributed by atoms with E-state index >= 15 is 0 Å². The molecule has 0 saturated carbocycles. The number of thiophene rings is 1. The van der Waals surface area contributed by atoms with Gasteiger partial charge in [-0.3, -0.25) is 25.0 Å². The van der Waals surface area contributed by atoms with Crippen molar-refractivity contribution in [2.24, 2.45) is 0 Å². The van der Waals surface area contributed by atoms with Crippen molar-refractivity contribution in [2.75, 3.05) is 18.5 Å². The molecule has 3 aromatic rings. The summed E-state index contributed by atoms with van der Waals surface area (Å²) in [4.78, 5) is 53.1. The average Bonchev–Trinajstić information content (AvgIpc) is 3.64. The van der Waals surface area contributed by atoms with E-state index in [4.69, 9.17) is 4.74 Å². The number of rotatable bonds is 8. The molecular formula is C21H18N4O8S3. The number of aromatic nitrogens is 1. The Morgan fingerprint density at radius 1 is 1.22 bits per heavy atom. The zero-order chi connectivity index (χ0) is 25.9. The zero-order valence-corrected chi connectivity index (χ0v) is 20.8. The molecule has 15 heteroatoms. The Labute approximate surface area is 212 Å². The third-order valence-electron chi connectivity index (χ3n) is 5.22. The highest BCUT2D eigenvalue weighted by Gasteiger charge is 2.36. The molecule has 12 nitrogen and oxygen atoms in total. The SMILES string of the molecule is O=C(COC(=O)C1CCCN1C(=O)c1cccs1)Nc1ncc(S(=O)(=O)c2ccc([N+](=O)[O-])cc2)s1. The molecule has 1 aliphatic heterocycles. The van der Waals surface area contributed by atoms with Crippen molar-refractivity contribution in [2.45, 2.75) is 28.0 Å². The van der Waals surface area contributed by atoms with Crippen molar-refractivity contribution >= 4 is 61.1 Å². The van der Waals surface area contributed by atoms with Gasteiger partial charge >= 0.3 is 5.97 Å². The number of ether oxygens (including phenoxy) is 1. The first-order chi connectivity index (χ1) is 17.2. The molecule has 0 spiro atoms. The Kier molecular flexibility index (Phi) is 7.42. The lowest BCUT2D eigenvalue weighted by atomic mass is 10.2. The van der Waals surface area contributed by atoms with Gasteiger partial charge in [-0.1, -0.05) is 17.4 Å². The van der Waals surface area contributed by atoms with Gasteiger partial charge in [0.15, 0.2) is 11.7 Å². The van der Waals surface area contributed by atoms with Crippen LogP contribution in [0.25, 0.3) is 0 Å². The third kappa shape index (κ3) is 5.42. The van der Waals surface area contributed by atoms with Crippen LogP contribution in [0.2, 0.25) is 0 Å². The summed E-state index contributed by atoms with van der Waals surface area (Å²) in [6, 6.07) is 7.00. The molecule has 0 radical (unpaired) electrons. The zero-order valence-electron chi connectivity index (χ0n) is 18.4. The maximum absolute atomic E-state index is 12.7. The van der Waals surface area contributed by atoms with E-state index < -0.39 is 39.3 Å². The van der Waals surface area contributed by atoms with Gasteiger partial charge in [-0.15, -0.1) is 11.3 Å². The van der Waals surface area contributed by atoms with Crippen LogP contribution < -0.4 is 5.32 Å². The fourth-order valence-corrected chi connectivity index (χ4v) is 6.62. The number of amides is 2. The molecule has 4 rings (SSSR count). The molecule has 1 N–H and O–H groups in total. The first-order valence-corrected chi connectivity index (χ1v) is 13.6. The second-order valence-corrected chi connectivity index (χ2v) is 11.7. The Hall–Kier alpha value is -3.69. The van der Waals surface area contributed by atoms with Gasteiger partial charge < -0.3 is 9.64 Å². The van der Waals surface area contributed by atoms with Crippen LogP contribution in [0.5, 0.6) is 0 Å². The van der Waals surface area contributed by atoms with Crippen molar-refractivity contribution < 1.29 is 32.5 Å². The van der Waals surface area contributed by atoms with E-state index in [1.165, 1.54) is 16.2 Å². The van der Waals surface area contributed by atoms with Crippen LogP contribution in [0.3, 0.4) is 0 Å². The topological polar surface area (TPSA) is 166 Å². The van der Waals surface area contributed by atoms with Gasteiger partial charge in [0, 0.05) is 18.7 Å². The van der Waals surface area contributed by atoms with E-state index in [1.807, 2.05) is 0 Å². The number of nitro groups is 1. The molecule has 1 fully saturated rings. The lowest BCUT2D eigenvalue weighted by Crippen LogP contribution is -2.41. The minimum atomic E-state index is -4.01. The predicted octanol–water partition coefficient (Wildman–Crippen LogP) is 2.73. The predicted molar refractivity (Wildman–Crippen MR) is 129 cm³/mol. The summed E-state index contributed by atoms with van der Waals surface area (Å²) < 4.78 is 30.4. The van der Waals surface area contributed by atoms with Crippen LogP contribution in [0.15, 0.2) is 57.1 Å². The van der Waals surface area contributed by atoms with Gasteiger partial charge in [0.25, 0.3) is 17.5 Å². The van der Waals surface area contributed by atoms with Crippen molar-refractivity contribution in [3.8, 4) is 0 Å². The highest BCUT2D eigenvalue weighted by Crippen LogP contribution is 2.29. The summed E-state index contributed by atoms with van der Waals surface area (Å²) >= 11 is 1.95. The number of anilines is 1. The summed E-state index contributed by atoms with van der Waals surface area (Å²) in [6.07, 6.45) is 2.11. The van der Waals surface area contributed by atoms with Crippen LogP contribution in [0, 0.1) is 10.1 Å². The van der Waals surface area contributed by atoms with Crippen molar-refractivity contribution in [1.82, 2.24) is 9.88 Å². The van der Waals surface area contributed by atoms with Gasteiger partial charge in [-0.05, 0) is 36.4 Å². The summed E-state index contributed by atoms with van der Waals surface area (Å²) in [5.41, 5.74) is -0.252. The number of nitro benzene ring substituents is 1. The Balaban J connectivity index is 1.33. The van der Waals surface area contributed by atoms with Crippen molar-refractivity contribution in [3.63, 3.8) is 0 Å². The lowest BCUT2D eigenvalue weighted by Gasteiger charge is -2.22. The summed E-state index contributed by atoms with van der Waals surface area (Å²) in [5, 5.41) is 14.9. The molecule has 2 aromatic heterocycles. The number of nitrogens with zero attached hydrogens (tertiary/aromatic N) is 3. The molecule has 1 aliphatic rings. The van der Waals surface area contributed by atoms with E-state index in [2.05, 4.69) is 10.3 Å². The Morgan fingerprint density at radius 3 is 2.64 bits per heavy atom. The number of carbonyl (C=O) groups excluding carboxylic acids is 3. The second kappa shape index (κ2) is 10.5. The first kappa shape index (κ1) is 25.4. The van der Waals surface area contributed by atoms with Crippen LogP contribution in [-0.2, 0) is 24.2 Å². The number of hydrogen-bond acceptors (Lipinski definition) is 11. The normalized spacial score (nSPS) is 15.4. The number of nitrogens with one attached hydrogen (secondary N) is 1. The van der Waals surface area contributed by atoms with Gasteiger partial charge in [0.1, 0.15) is 10.3 Å². The van der Waals surface area contributed by atoms with E-state index in [0.717, 1.165) is 30.5 Å². The minimum Gasteiger partial charge on any atom is -0.454 e. The quantitative estimate of drug-likeness (QED) is 0.252. The van der Waals surface area contributed by atoms with Crippen LogP contribution in [0.4, 0.5) is 10.8 Å². The molecule has 1 unspecified atom stereocenters. The molecule has 3 heterocycles. The maximum atomic E-state index is 12.7. The summed E-state index contributed by atoms with van der Waals surface area (Å²) in [6.45, 7) is -0.228. The third-order valence-corrected chi connectivity index (χ3v) is 9.22. The summed E-state index contributed by atoms with van der Waals surface area (Å²) in [5.74, 6) is -1.70. The lowest BCUT2D eigenvalue weighted by molar-refractivity contribution is -0.384. The standard InChI is InChI=1S/C21H18N4O8S3/c26-17(12-33-20(28)15-3-1-9-24(15)19(27)16-4-2-10-34-16)23-21-22-11-18(35-21)36(31,32)14-7-5-13(6-8-14)25(29)30/h2,4-8,10-11,15H,1,3,9,12H2,(H,22,23,26). The maximum Gasteiger partial charge on any atom is 0.329 e. The van der Waals surface area contributed by atoms with E-state index in [1.54, 1.807) is 17.5 Å². The Morgan fingerprint density at radius 2 is 1.97 bits per heavy atom. The fourth-order valence-electron chi connectivity index (χ4n) is 3.49. The number of sulfone groups is 1. The molecule has 1 atom stereocenters. The number of carbonyl (C=O) groups is 3. The van der Waals surface area contributed by atoms with Gasteiger partial charge in [0.2, 0.25) is 9.84 Å².